The van der Waals surface area contributed by atoms with E-state index in [1.165, 1.54) is 0 Å². The number of ether oxygens (including phenoxy) is 1. The highest BCUT2D eigenvalue weighted by atomic mass is 16.6. The fourth-order valence-corrected chi connectivity index (χ4v) is 2.29. The number of hydrogen-bond donors (Lipinski definition) is 3. The van der Waals surface area contributed by atoms with Gasteiger partial charge in [0.25, 0.3) is 0 Å². The summed E-state index contributed by atoms with van der Waals surface area (Å²) < 4.78 is 5.26. The Bertz CT molecular complexity index is 549. The number of nitrogens with two attached hydrogens (primary N) is 1. The first kappa shape index (κ1) is 19.9. The van der Waals surface area contributed by atoms with E-state index in [4.69, 9.17) is 15.7 Å². The monoisotopic (exact) mass is 333 g/mol. The number of nitriles is 1. The van der Waals surface area contributed by atoms with Crippen LogP contribution in [-0.4, -0.2) is 35.0 Å². The molecule has 1 aromatic rings. The van der Waals surface area contributed by atoms with Crippen LogP contribution in [0.3, 0.4) is 0 Å². The summed E-state index contributed by atoms with van der Waals surface area (Å²) in [5.41, 5.74) is 6.18. The summed E-state index contributed by atoms with van der Waals surface area (Å²) >= 11 is 0. The maximum Gasteiger partial charge on any atom is 0.407 e. The predicted molar refractivity (Wildman–Crippen MR) is 92.1 cm³/mol. The van der Waals surface area contributed by atoms with Gasteiger partial charge in [-0.1, -0.05) is 30.3 Å². The average molecular weight is 333 g/mol. The van der Waals surface area contributed by atoms with E-state index in [0.717, 1.165) is 5.56 Å². The normalized spacial score (nSPS) is 15.0. The van der Waals surface area contributed by atoms with Crippen molar-refractivity contribution in [1.29, 1.82) is 5.26 Å². The summed E-state index contributed by atoms with van der Waals surface area (Å²) in [5, 5.41) is 21.9. The van der Waals surface area contributed by atoms with E-state index in [1.54, 1.807) is 20.8 Å². The number of alkyl carbamates (subject to hydrolysis) is 1. The zero-order valence-corrected chi connectivity index (χ0v) is 14.5. The molecule has 3 atom stereocenters. The highest BCUT2D eigenvalue weighted by Gasteiger charge is 2.26. The third-order valence-corrected chi connectivity index (χ3v) is 3.36. The summed E-state index contributed by atoms with van der Waals surface area (Å²) in [6.07, 6.45) is -0.638. The lowest BCUT2D eigenvalue weighted by Gasteiger charge is -2.28. The molecule has 0 aliphatic heterocycles. The number of nitrogens with one attached hydrogen (secondary N) is 1. The van der Waals surface area contributed by atoms with Crippen molar-refractivity contribution in [2.24, 2.45) is 5.73 Å². The second-order valence-corrected chi connectivity index (χ2v) is 6.87. The van der Waals surface area contributed by atoms with Crippen LogP contribution in [0.1, 0.15) is 39.2 Å². The van der Waals surface area contributed by atoms with E-state index in [2.05, 4.69) is 5.32 Å². The Morgan fingerprint density at radius 2 is 2.00 bits per heavy atom. The Morgan fingerprint density at radius 1 is 1.38 bits per heavy atom. The molecule has 0 aliphatic rings. The van der Waals surface area contributed by atoms with Gasteiger partial charge >= 0.3 is 6.09 Å². The minimum atomic E-state index is -0.874. The van der Waals surface area contributed by atoms with Gasteiger partial charge in [-0.15, -0.1) is 0 Å². The largest absolute Gasteiger partial charge is 0.444 e. The van der Waals surface area contributed by atoms with Crippen LogP contribution in [0.5, 0.6) is 0 Å². The third-order valence-electron chi connectivity index (χ3n) is 3.36. The van der Waals surface area contributed by atoms with E-state index in [1.807, 2.05) is 36.4 Å². The van der Waals surface area contributed by atoms with Crippen LogP contribution in [0.2, 0.25) is 0 Å². The fraction of sp³-hybridized carbons (Fsp3) is 0.556. The predicted octanol–water partition coefficient (Wildman–Crippen LogP) is 2.11. The number of carbonyl (C=O) groups excluding carboxylic acids is 1. The van der Waals surface area contributed by atoms with Crippen LogP contribution < -0.4 is 11.1 Å². The Labute approximate surface area is 143 Å². The number of aliphatic hydroxyl groups excluding tert-OH is 1. The number of nitrogens with zero attached hydrogens (tertiary/aromatic N) is 1. The van der Waals surface area contributed by atoms with Gasteiger partial charge in [0.15, 0.2) is 0 Å². The van der Waals surface area contributed by atoms with Crippen molar-refractivity contribution >= 4 is 6.09 Å². The number of hydrogen-bond acceptors (Lipinski definition) is 5. The van der Waals surface area contributed by atoms with Gasteiger partial charge < -0.3 is 20.9 Å². The van der Waals surface area contributed by atoms with Crippen molar-refractivity contribution in [3.63, 3.8) is 0 Å². The second-order valence-electron chi connectivity index (χ2n) is 6.87. The molecule has 0 radical (unpaired) electrons. The van der Waals surface area contributed by atoms with Crippen LogP contribution in [0.4, 0.5) is 4.79 Å². The molecule has 132 valence electrons. The minimum Gasteiger partial charge on any atom is -0.444 e. The van der Waals surface area contributed by atoms with Gasteiger partial charge in [0.1, 0.15) is 5.60 Å². The van der Waals surface area contributed by atoms with Crippen molar-refractivity contribution in [2.75, 3.05) is 0 Å². The van der Waals surface area contributed by atoms with Crippen LogP contribution in [0.15, 0.2) is 30.3 Å². The lowest BCUT2D eigenvalue weighted by molar-refractivity contribution is 0.0406. The molecular weight excluding hydrogens is 306 g/mol. The standard InChI is InChI=1S/C18H27N3O3/c1-18(2,3)24-17(23)21-15(11-13-7-5-4-6-8-13)16(22)12-14(20)9-10-19/h4-8,14-16,22H,9,11-12,20H2,1-3H3,(H,21,23)/t14?,15-,16+/m0/s1. The SMILES string of the molecule is CC(C)(C)OC(=O)N[C@@H](Cc1ccccc1)[C@H](O)CC(N)CC#N. The summed E-state index contributed by atoms with van der Waals surface area (Å²) in [6.45, 7) is 5.33. The lowest BCUT2D eigenvalue weighted by atomic mass is 9.96. The van der Waals surface area contributed by atoms with E-state index >= 15 is 0 Å². The van der Waals surface area contributed by atoms with Crippen molar-refractivity contribution in [3.8, 4) is 6.07 Å². The van der Waals surface area contributed by atoms with Gasteiger partial charge in [-0.05, 0) is 39.2 Å². The highest BCUT2D eigenvalue weighted by molar-refractivity contribution is 5.68. The molecule has 4 N–H and O–H groups in total. The molecule has 1 aromatic carbocycles. The molecule has 1 unspecified atom stereocenters. The maximum absolute atomic E-state index is 12.0. The molecule has 0 aromatic heterocycles. The molecule has 0 saturated carbocycles. The third kappa shape index (κ3) is 7.95. The Hall–Kier alpha value is -2.10. The van der Waals surface area contributed by atoms with E-state index < -0.39 is 29.9 Å². The molecule has 0 aliphatic carbocycles. The zero-order chi connectivity index (χ0) is 18.2. The van der Waals surface area contributed by atoms with Crippen molar-refractivity contribution in [1.82, 2.24) is 5.32 Å². The Morgan fingerprint density at radius 3 is 2.54 bits per heavy atom. The first-order valence-corrected chi connectivity index (χ1v) is 8.05. The first-order valence-electron chi connectivity index (χ1n) is 8.05. The summed E-state index contributed by atoms with van der Waals surface area (Å²) in [7, 11) is 0. The molecule has 0 saturated heterocycles. The summed E-state index contributed by atoms with van der Waals surface area (Å²) in [4.78, 5) is 12.0. The molecular formula is C18H27N3O3. The van der Waals surface area contributed by atoms with Crippen molar-refractivity contribution < 1.29 is 14.6 Å². The number of rotatable bonds is 7. The molecule has 1 amide bonds. The van der Waals surface area contributed by atoms with Crippen LogP contribution in [0.25, 0.3) is 0 Å². The van der Waals surface area contributed by atoms with Gasteiger partial charge in [-0.2, -0.15) is 5.26 Å². The second kappa shape index (κ2) is 9.26. The molecule has 0 bridgehead atoms. The van der Waals surface area contributed by atoms with E-state index in [0.29, 0.717) is 6.42 Å². The quantitative estimate of drug-likeness (QED) is 0.708. The van der Waals surface area contributed by atoms with Gasteiger partial charge in [0, 0.05) is 6.04 Å². The van der Waals surface area contributed by atoms with E-state index in [9.17, 15) is 9.90 Å². The smallest absolute Gasteiger partial charge is 0.407 e. The molecule has 0 spiro atoms. The average Bonchev–Trinajstić information content (AvgIpc) is 2.45. The Balaban J connectivity index is 2.78. The number of benzene rings is 1. The summed E-state index contributed by atoms with van der Waals surface area (Å²) in [5.74, 6) is 0. The number of carbonyl (C=O) groups is 1. The van der Waals surface area contributed by atoms with Crippen LogP contribution >= 0.6 is 0 Å². The summed E-state index contributed by atoms with van der Waals surface area (Å²) in [6, 6.07) is 10.5. The van der Waals surface area contributed by atoms with Gasteiger partial charge in [0.2, 0.25) is 0 Å². The number of amides is 1. The van der Waals surface area contributed by atoms with Gasteiger partial charge in [-0.3, -0.25) is 0 Å². The molecule has 6 nitrogen and oxygen atoms in total. The molecule has 24 heavy (non-hydrogen) atoms. The van der Waals surface area contributed by atoms with Crippen LogP contribution in [-0.2, 0) is 11.2 Å². The molecule has 6 heteroatoms. The Kier molecular flexibility index (Phi) is 7.69. The lowest BCUT2D eigenvalue weighted by Crippen LogP contribution is -2.48. The van der Waals surface area contributed by atoms with Gasteiger partial charge in [0.05, 0.1) is 24.6 Å². The van der Waals surface area contributed by atoms with Crippen LogP contribution in [0, 0.1) is 11.3 Å². The molecule has 0 heterocycles. The van der Waals surface area contributed by atoms with Crippen molar-refractivity contribution in [2.45, 2.75) is 63.8 Å². The van der Waals surface area contributed by atoms with E-state index in [-0.39, 0.29) is 12.8 Å². The minimum absolute atomic E-state index is 0.154. The molecule has 0 fully saturated rings. The first-order chi connectivity index (χ1) is 11.2. The van der Waals surface area contributed by atoms with Crippen molar-refractivity contribution in [3.05, 3.63) is 35.9 Å². The van der Waals surface area contributed by atoms with Gasteiger partial charge in [-0.25, -0.2) is 4.79 Å². The fourth-order valence-electron chi connectivity index (χ4n) is 2.29. The maximum atomic E-state index is 12.0. The zero-order valence-electron chi connectivity index (χ0n) is 14.5. The topological polar surface area (TPSA) is 108 Å². The molecule has 1 rings (SSSR count). The number of aliphatic hydroxyl groups is 1. The highest BCUT2D eigenvalue weighted by Crippen LogP contribution is 2.13.